The molecule has 0 aliphatic heterocycles. The third-order valence-electron chi connectivity index (χ3n) is 4.76. The number of hydrogen-bond acceptors (Lipinski definition) is 5. The van der Waals surface area contributed by atoms with E-state index < -0.39 is 42.4 Å². The lowest BCUT2D eigenvalue weighted by Gasteiger charge is -2.27. The first-order valence-electron chi connectivity index (χ1n) is 9.37. The predicted octanol–water partition coefficient (Wildman–Crippen LogP) is 4.42. The van der Waals surface area contributed by atoms with E-state index in [4.69, 9.17) is 4.42 Å². The minimum absolute atomic E-state index is 0.139. The molecule has 2 atom stereocenters. The molecule has 2 N–H and O–H groups in total. The number of nitrogens with one attached hydrogen (secondary N) is 1. The number of carbonyl (C=O) groups excluding carboxylic acids is 2. The summed E-state index contributed by atoms with van der Waals surface area (Å²) in [6.45, 7) is 4.73. The third kappa shape index (κ3) is 5.63. The summed E-state index contributed by atoms with van der Waals surface area (Å²) < 4.78 is 49.6. The normalized spacial score (nSPS) is 14.6. The molecule has 0 saturated heterocycles. The molecule has 0 aliphatic rings. The number of ether oxygens (including phenoxy) is 1. The van der Waals surface area contributed by atoms with E-state index in [2.05, 4.69) is 23.9 Å². The highest BCUT2D eigenvalue weighted by atomic mass is 19.4. The smallest absolute Gasteiger partial charge is 0.425 e. The predicted molar refractivity (Wildman–Crippen MR) is 103 cm³/mol. The van der Waals surface area contributed by atoms with Crippen LogP contribution in [0.3, 0.4) is 0 Å². The quantitative estimate of drug-likeness (QED) is 0.609. The van der Waals surface area contributed by atoms with Crippen molar-refractivity contribution in [3.63, 3.8) is 0 Å². The second kappa shape index (κ2) is 9.34. The van der Waals surface area contributed by atoms with Crippen LogP contribution in [0.15, 0.2) is 40.8 Å². The molecular formula is C21H24F3NO5. The molecular weight excluding hydrogens is 403 g/mol. The monoisotopic (exact) mass is 427 g/mol. The van der Waals surface area contributed by atoms with E-state index in [0.717, 1.165) is 18.1 Å². The molecule has 9 heteroatoms. The lowest BCUT2D eigenvalue weighted by Crippen LogP contribution is -2.44. The number of furan rings is 1. The lowest BCUT2D eigenvalue weighted by molar-refractivity contribution is -0.275. The molecule has 30 heavy (non-hydrogen) atoms. The summed E-state index contributed by atoms with van der Waals surface area (Å²) in [5.41, 5.74) is -2.00. The van der Waals surface area contributed by atoms with Gasteiger partial charge in [-0.3, -0.25) is 9.59 Å². The van der Waals surface area contributed by atoms with Gasteiger partial charge in [-0.25, -0.2) is 0 Å². The molecule has 0 spiro atoms. The number of benzene rings is 1. The number of hydrogen-bond donors (Lipinski definition) is 2. The van der Waals surface area contributed by atoms with Crippen LogP contribution in [0.25, 0.3) is 0 Å². The SMILES string of the molecule is CC[C@H](C)c1ccc(NC(=O)COC(=O)C[C@@](O)(c2ccc(C)o2)C(F)(F)F)cc1. The number of aryl methyl sites for hydroxylation is 1. The summed E-state index contributed by atoms with van der Waals surface area (Å²) in [5.74, 6) is -2.44. The Morgan fingerprint density at radius 1 is 1.17 bits per heavy atom. The molecule has 0 bridgehead atoms. The van der Waals surface area contributed by atoms with Gasteiger partial charge in [0.05, 0.1) is 6.42 Å². The molecule has 0 saturated carbocycles. The maximum Gasteiger partial charge on any atom is 0.425 e. The number of amides is 1. The number of halogens is 3. The minimum atomic E-state index is -5.18. The van der Waals surface area contributed by atoms with Crippen molar-refractivity contribution in [3.8, 4) is 0 Å². The van der Waals surface area contributed by atoms with Crippen molar-refractivity contribution >= 4 is 17.6 Å². The zero-order chi connectivity index (χ0) is 22.5. The Hall–Kier alpha value is -2.81. The lowest BCUT2D eigenvalue weighted by atomic mass is 9.96. The van der Waals surface area contributed by atoms with E-state index >= 15 is 0 Å². The fourth-order valence-electron chi connectivity index (χ4n) is 2.72. The molecule has 1 aromatic carbocycles. The first kappa shape index (κ1) is 23.5. The van der Waals surface area contributed by atoms with Gasteiger partial charge in [-0.05, 0) is 49.1 Å². The van der Waals surface area contributed by atoms with Crippen LogP contribution >= 0.6 is 0 Å². The molecule has 1 aromatic heterocycles. The number of alkyl halides is 3. The summed E-state index contributed by atoms with van der Waals surface area (Å²) in [4.78, 5) is 23.8. The average molecular weight is 427 g/mol. The Morgan fingerprint density at radius 2 is 1.80 bits per heavy atom. The van der Waals surface area contributed by atoms with Crippen LogP contribution in [0.4, 0.5) is 18.9 Å². The summed E-state index contributed by atoms with van der Waals surface area (Å²) in [7, 11) is 0. The van der Waals surface area contributed by atoms with Gasteiger partial charge in [0.2, 0.25) is 5.60 Å². The van der Waals surface area contributed by atoms with Crippen molar-refractivity contribution in [1.29, 1.82) is 0 Å². The van der Waals surface area contributed by atoms with Crippen LogP contribution in [-0.2, 0) is 19.9 Å². The fourth-order valence-corrected chi connectivity index (χ4v) is 2.72. The van der Waals surface area contributed by atoms with Crippen molar-refractivity contribution in [1.82, 2.24) is 0 Å². The van der Waals surface area contributed by atoms with Crippen LogP contribution in [-0.4, -0.2) is 29.8 Å². The van der Waals surface area contributed by atoms with Crippen molar-refractivity contribution in [3.05, 3.63) is 53.5 Å². The van der Waals surface area contributed by atoms with Gasteiger partial charge < -0.3 is 19.6 Å². The molecule has 0 fully saturated rings. The van der Waals surface area contributed by atoms with E-state index in [1.54, 1.807) is 12.1 Å². The van der Waals surface area contributed by atoms with Gasteiger partial charge in [-0.1, -0.05) is 26.0 Å². The first-order valence-corrected chi connectivity index (χ1v) is 9.37. The minimum Gasteiger partial charge on any atom is -0.463 e. The Bertz CT molecular complexity index is 876. The summed E-state index contributed by atoms with van der Waals surface area (Å²) in [6, 6.07) is 9.24. The number of anilines is 1. The van der Waals surface area contributed by atoms with Crippen LogP contribution in [0.2, 0.25) is 0 Å². The van der Waals surface area contributed by atoms with E-state index in [9.17, 15) is 27.9 Å². The average Bonchev–Trinajstić information content (AvgIpc) is 3.12. The van der Waals surface area contributed by atoms with Gasteiger partial charge >= 0.3 is 12.1 Å². The summed E-state index contributed by atoms with van der Waals surface area (Å²) >= 11 is 0. The Labute approximate surface area is 172 Å². The van der Waals surface area contributed by atoms with Gasteiger partial charge in [0.25, 0.3) is 5.91 Å². The van der Waals surface area contributed by atoms with Gasteiger partial charge in [0, 0.05) is 5.69 Å². The molecule has 164 valence electrons. The maximum atomic E-state index is 13.4. The zero-order valence-corrected chi connectivity index (χ0v) is 16.9. The van der Waals surface area contributed by atoms with Crippen LogP contribution in [0, 0.1) is 6.92 Å². The molecule has 6 nitrogen and oxygen atoms in total. The van der Waals surface area contributed by atoms with Crippen molar-refractivity contribution in [2.24, 2.45) is 0 Å². The fraction of sp³-hybridized carbons (Fsp3) is 0.429. The second-order valence-corrected chi connectivity index (χ2v) is 7.09. The highest BCUT2D eigenvalue weighted by Gasteiger charge is 2.58. The van der Waals surface area contributed by atoms with Gasteiger partial charge in [-0.15, -0.1) is 0 Å². The van der Waals surface area contributed by atoms with E-state index in [1.165, 1.54) is 13.0 Å². The Morgan fingerprint density at radius 3 is 2.30 bits per heavy atom. The van der Waals surface area contributed by atoms with Crippen molar-refractivity contribution in [2.75, 3.05) is 11.9 Å². The molecule has 2 aromatic rings. The Kier molecular flexibility index (Phi) is 7.30. The number of rotatable bonds is 8. The number of esters is 1. The second-order valence-electron chi connectivity index (χ2n) is 7.09. The van der Waals surface area contributed by atoms with E-state index in [1.807, 2.05) is 12.1 Å². The van der Waals surface area contributed by atoms with E-state index in [-0.39, 0.29) is 5.76 Å². The first-order chi connectivity index (χ1) is 14.0. The van der Waals surface area contributed by atoms with Crippen LogP contribution in [0.5, 0.6) is 0 Å². The number of aliphatic hydroxyl groups is 1. The highest BCUT2D eigenvalue weighted by Crippen LogP contribution is 2.42. The molecule has 2 rings (SSSR count). The Balaban J connectivity index is 1.94. The summed E-state index contributed by atoms with van der Waals surface area (Å²) in [5, 5.41) is 12.6. The molecule has 0 radical (unpaired) electrons. The largest absolute Gasteiger partial charge is 0.463 e. The van der Waals surface area contributed by atoms with Gasteiger partial charge in [0.15, 0.2) is 6.61 Å². The molecule has 1 heterocycles. The van der Waals surface area contributed by atoms with Crippen molar-refractivity contribution < 1.29 is 37.0 Å². The highest BCUT2D eigenvalue weighted by molar-refractivity contribution is 5.92. The zero-order valence-electron chi connectivity index (χ0n) is 16.9. The topological polar surface area (TPSA) is 88.8 Å². The maximum absolute atomic E-state index is 13.4. The standard InChI is InChI=1S/C21H24F3NO5/c1-4-13(2)15-6-8-16(9-7-15)25-18(26)12-29-19(27)11-20(28,21(22,23)24)17-10-5-14(3)30-17/h5-10,13,28H,4,11-12H2,1-3H3,(H,25,26)/t13-,20+/m0/s1. The van der Waals surface area contributed by atoms with Crippen molar-refractivity contribution in [2.45, 2.75) is 51.3 Å². The number of carbonyl (C=O) groups is 2. The summed E-state index contributed by atoms with van der Waals surface area (Å²) in [6.07, 6.45) is -5.67. The molecule has 0 unspecified atom stereocenters. The van der Waals surface area contributed by atoms with Crippen LogP contribution < -0.4 is 5.32 Å². The van der Waals surface area contributed by atoms with Gasteiger partial charge in [0.1, 0.15) is 11.5 Å². The van der Waals surface area contributed by atoms with Crippen LogP contribution in [0.1, 0.15) is 49.7 Å². The molecule has 1 amide bonds. The van der Waals surface area contributed by atoms with Gasteiger partial charge in [-0.2, -0.15) is 13.2 Å². The molecule has 0 aliphatic carbocycles. The third-order valence-corrected chi connectivity index (χ3v) is 4.76. The van der Waals surface area contributed by atoms with E-state index in [0.29, 0.717) is 11.6 Å².